The first-order valence-electron chi connectivity index (χ1n) is 13.5. The van der Waals surface area contributed by atoms with Gasteiger partial charge >= 0.3 is 12.3 Å². The van der Waals surface area contributed by atoms with Crippen molar-refractivity contribution in [2.24, 2.45) is 0 Å². The summed E-state index contributed by atoms with van der Waals surface area (Å²) in [5.41, 5.74) is 1.08. The fourth-order valence-corrected chi connectivity index (χ4v) is 5.59. The lowest BCUT2D eigenvalue weighted by Gasteiger charge is -2.37. The SMILES string of the molecule is CC(c1ccc(C(=O)NCC2CCCO2)cc1)N1CC2(CCN(Cc3ccc(C(F)(F)F)cc3)CC2)OC1=O. The van der Waals surface area contributed by atoms with Crippen LogP contribution >= 0.6 is 0 Å². The van der Waals surface area contributed by atoms with Crippen molar-refractivity contribution in [1.82, 2.24) is 15.1 Å². The Morgan fingerprint density at radius 2 is 1.79 bits per heavy atom. The summed E-state index contributed by atoms with van der Waals surface area (Å²) in [7, 11) is 0. The lowest BCUT2D eigenvalue weighted by atomic mass is 9.90. The van der Waals surface area contributed by atoms with Crippen molar-refractivity contribution in [1.29, 1.82) is 0 Å². The van der Waals surface area contributed by atoms with Crippen LogP contribution in [0.4, 0.5) is 18.0 Å². The minimum absolute atomic E-state index is 0.0819. The number of piperidine rings is 1. The van der Waals surface area contributed by atoms with Crippen molar-refractivity contribution in [2.45, 2.75) is 63.1 Å². The molecule has 210 valence electrons. The van der Waals surface area contributed by atoms with Crippen LogP contribution in [0.1, 0.15) is 65.7 Å². The zero-order valence-corrected chi connectivity index (χ0v) is 22.0. The van der Waals surface area contributed by atoms with E-state index in [0.29, 0.717) is 51.1 Å². The summed E-state index contributed by atoms with van der Waals surface area (Å²) in [4.78, 5) is 29.3. The van der Waals surface area contributed by atoms with Crippen LogP contribution in [0.2, 0.25) is 0 Å². The van der Waals surface area contributed by atoms with Crippen LogP contribution in [0.15, 0.2) is 48.5 Å². The molecule has 3 heterocycles. The highest BCUT2D eigenvalue weighted by Crippen LogP contribution is 2.38. The lowest BCUT2D eigenvalue weighted by molar-refractivity contribution is -0.137. The van der Waals surface area contributed by atoms with Crippen molar-refractivity contribution >= 4 is 12.0 Å². The first-order valence-corrected chi connectivity index (χ1v) is 13.5. The van der Waals surface area contributed by atoms with Crippen LogP contribution in [-0.2, 0) is 22.2 Å². The smallest absolute Gasteiger partial charge is 0.416 e. The summed E-state index contributed by atoms with van der Waals surface area (Å²) in [5.74, 6) is -0.146. The molecule has 0 bridgehead atoms. The van der Waals surface area contributed by atoms with Crippen molar-refractivity contribution in [3.05, 3.63) is 70.8 Å². The molecule has 0 radical (unpaired) electrons. The second-order valence-corrected chi connectivity index (χ2v) is 10.8. The van der Waals surface area contributed by atoms with E-state index in [1.807, 2.05) is 19.1 Å². The molecule has 2 aromatic rings. The van der Waals surface area contributed by atoms with Gasteiger partial charge in [-0.3, -0.25) is 14.6 Å². The van der Waals surface area contributed by atoms with Crippen LogP contribution in [0.5, 0.6) is 0 Å². The number of amides is 2. The molecule has 0 saturated carbocycles. The van der Waals surface area contributed by atoms with Gasteiger partial charge < -0.3 is 14.8 Å². The van der Waals surface area contributed by atoms with Crippen molar-refractivity contribution in [3.63, 3.8) is 0 Å². The van der Waals surface area contributed by atoms with Gasteiger partial charge in [0.25, 0.3) is 5.91 Å². The highest BCUT2D eigenvalue weighted by atomic mass is 19.4. The number of hydrogen-bond acceptors (Lipinski definition) is 5. The van der Waals surface area contributed by atoms with E-state index in [1.54, 1.807) is 17.0 Å². The Bertz CT molecular complexity index is 1160. The van der Waals surface area contributed by atoms with Crippen LogP contribution < -0.4 is 5.32 Å². The van der Waals surface area contributed by atoms with Crippen LogP contribution in [0.3, 0.4) is 0 Å². The predicted octanol–water partition coefficient (Wildman–Crippen LogP) is 5.16. The third kappa shape index (κ3) is 6.38. The standard InChI is InChI=1S/C29H34F3N3O4/c1-20(22-6-8-23(9-7-22)26(36)33-17-25-3-2-16-38-25)35-19-28(39-27(35)37)12-14-34(15-13-28)18-21-4-10-24(11-5-21)29(30,31)32/h4-11,20,25H,2-3,12-19H2,1H3,(H,33,36). The molecule has 3 aliphatic heterocycles. The van der Waals surface area contributed by atoms with Crippen LogP contribution in [-0.4, -0.2) is 66.3 Å². The van der Waals surface area contributed by atoms with Crippen LogP contribution in [0, 0.1) is 0 Å². The highest BCUT2D eigenvalue weighted by molar-refractivity contribution is 5.94. The third-order valence-electron chi connectivity index (χ3n) is 8.09. The molecule has 3 saturated heterocycles. The van der Waals surface area contributed by atoms with E-state index in [2.05, 4.69) is 10.2 Å². The lowest BCUT2D eigenvalue weighted by Crippen LogP contribution is -2.46. The fourth-order valence-electron chi connectivity index (χ4n) is 5.59. The van der Waals surface area contributed by atoms with E-state index in [-0.39, 0.29) is 24.1 Å². The molecule has 2 unspecified atom stereocenters. The molecule has 39 heavy (non-hydrogen) atoms. The Balaban J connectivity index is 1.13. The van der Waals surface area contributed by atoms with E-state index >= 15 is 0 Å². The number of likely N-dealkylation sites (tertiary alicyclic amines) is 1. The maximum Gasteiger partial charge on any atom is 0.416 e. The maximum absolute atomic E-state index is 12.9. The van der Waals surface area contributed by atoms with Gasteiger partial charge in [0, 0.05) is 51.2 Å². The summed E-state index contributed by atoms with van der Waals surface area (Å²) >= 11 is 0. The normalized spacial score (nSPS) is 22.2. The number of rotatable bonds is 7. The molecule has 1 spiro atoms. The number of hydrogen-bond donors (Lipinski definition) is 1. The molecular weight excluding hydrogens is 511 g/mol. The largest absolute Gasteiger partial charge is 0.441 e. The summed E-state index contributed by atoms with van der Waals surface area (Å²) in [6.45, 7) is 5.60. The molecule has 7 nitrogen and oxygen atoms in total. The second kappa shape index (κ2) is 11.2. The molecule has 2 amide bonds. The molecule has 3 aliphatic rings. The third-order valence-corrected chi connectivity index (χ3v) is 8.09. The number of carbonyl (C=O) groups is 2. The number of alkyl halides is 3. The number of benzene rings is 2. The van der Waals surface area contributed by atoms with E-state index < -0.39 is 17.3 Å². The number of halogens is 3. The van der Waals surface area contributed by atoms with E-state index in [9.17, 15) is 22.8 Å². The fraction of sp³-hybridized carbons (Fsp3) is 0.517. The van der Waals surface area contributed by atoms with Crippen molar-refractivity contribution in [2.75, 3.05) is 32.8 Å². The molecule has 5 rings (SSSR count). The Kier molecular flexibility index (Phi) is 7.87. The average molecular weight is 546 g/mol. The van der Waals surface area contributed by atoms with Gasteiger partial charge in [0.2, 0.25) is 0 Å². The number of nitrogens with one attached hydrogen (secondary N) is 1. The zero-order chi connectivity index (χ0) is 27.6. The average Bonchev–Trinajstić information content (AvgIpc) is 3.56. The first-order chi connectivity index (χ1) is 18.6. The van der Waals surface area contributed by atoms with Gasteiger partial charge in [-0.1, -0.05) is 24.3 Å². The molecule has 2 aromatic carbocycles. The predicted molar refractivity (Wildman–Crippen MR) is 138 cm³/mol. The Hall–Kier alpha value is -3.11. The zero-order valence-electron chi connectivity index (χ0n) is 22.0. The Labute approximate surface area is 226 Å². The van der Waals surface area contributed by atoms with Gasteiger partial charge in [-0.15, -0.1) is 0 Å². The van der Waals surface area contributed by atoms with Gasteiger partial charge in [-0.2, -0.15) is 13.2 Å². The summed E-state index contributed by atoms with van der Waals surface area (Å²) in [6, 6.07) is 12.3. The Morgan fingerprint density at radius 3 is 2.41 bits per heavy atom. The quantitative estimate of drug-likeness (QED) is 0.521. The Morgan fingerprint density at radius 1 is 1.10 bits per heavy atom. The highest BCUT2D eigenvalue weighted by Gasteiger charge is 2.48. The monoisotopic (exact) mass is 545 g/mol. The molecule has 1 N–H and O–H groups in total. The minimum atomic E-state index is -4.34. The minimum Gasteiger partial charge on any atom is -0.441 e. The van der Waals surface area contributed by atoms with Gasteiger partial charge in [-0.05, 0) is 55.2 Å². The number of ether oxygens (including phenoxy) is 2. The molecule has 10 heteroatoms. The molecule has 0 aliphatic carbocycles. The van der Waals surface area contributed by atoms with E-state index in [4.69, 9.17) is 9.47 Å². The van der Waals surface area contributed by atoms with Crippen LogP contribution in [0.25, 0.3) is 0 Å². The summed E-state index contributed by atoms with van der Waals surface area (Å²) in [5, 5.41) is 2.92. The van der Waals surface area contributed by atoms with Gasteiger partial charge in [0.15, 0.2) is 0 Å². The molecule has 3 fully saturated rings. The molecule has 0 aromatic heterocycles. The first kappa shape index (κ1) is 27.5. The summed E-state index contributed by atoms with van der Waals surface area (Å²) < 4.78 is 49.9. The summed E-state index contributed by atoms with van der Waals surface area (Å²) in [6.07, 6.45) is -1.31. The van der Waals surface area contributed by atoms with E-state index in [0.717, 1.165) is 42.7 Å². The van der Waals surface area contributed by atoms with Gasteiger partial charge in [0.1, 0.15) is 5.60 Å². The van der Waals surface area contributed by atoms with E-state index in [1.165, 1.54) is 12.1 Å². The number of nitrogens with zero attached hydrogens (tertiary/aromatic N) is 2. The number of carbonyl (C=O) groups excluding carboxylic acids is 2. The van der Waals surface area contributed by atoms with Gasteiger partial charge in [0.05, 0.1) is 24.3 Å². The maximum atomic E-state index is 12.9. The van der Waals surface area contributed by atoms with Crippen molar-refractivity contribution in [3.8, 4) is 0 Å². The molecular formula is C29H34F3N3O4. The molecule has 2 atom stereocenters. The van der Waals surface area contributed by atoms with Gasteiger partial charge in [-0.25, -0.2) is 4.79 Å². The topological polar surface area (TPSA) is 71.1 Å². The second-order valence-electron chi connectivity index (χ2n) is 10.8. The van der Waals surface area contributed by atoms with Crippen molar-refractivity contribution < 1.29 is 32.2 Å².